The summed E-state index contributed by atoms with van der Waals surface area (Å²) in [5.74, 6) is 1.50. The molecule has 0 aromatic heterocycles. The number of ether oxygens (including phenoxy) is 4. The molecule has 0 spiro atoms. The first kappa shape index (κ1) is 27.7. The number of unbranched alkanes of at least 4 members (excludes halogenated alkanes) is 2. The first-order chi connectivity index (χ1) is 16.1. The van der Waals surface area contributed by atoms with Gasteiger partial charge >= 0.3 is 12.2 Å². The van der Waals surface area contributed by atoms with Gasteiger partial charge in [-0.25, -0.2) is 9.59 Å². The van der Waals surface area contributed by atoms with Crippen LogP contribution >= 0.6 is 0 Å². The van der Waals surface area contributed by atoms with Crippen molar-refractivity contribution in [3.05, 3.63) is 0 Å². The number of rotatable bonds is 14. The Labute approximate surface area is 199 Å². The summed E-state index contributed by atoms with van der Waals surface area (Å²) >= 11 is 0. The Balaban J connectivity index is 1.50. The van der Waals surface area contributed by atoms with Crippen LogP contribution in [0.25, 0.3) is 0 Å². The topological polar surface area (TPSA) is 95.1 Å². The van der Waals surface area contributed by atoms with E-state index in [1.54, 1.807) is 14.2 Å². The number of hydrogen-bond acceptors (Lipinski definition) is 6. The highest BCUT2D eigenvalue weighted by Gasteiger charge is 2.28. The van der Waals surface area contributed by atoms with E-state index in [1.165, 1.54) is 32.1 Å². The molecule has 2 aliphatic rings. The smallest absolute Gasteiger partial charge is 0.407 e. The van der Waals surface area contributed by atoms with Crippen LogP contribution in [-0.2, 0) is 18.9 Å². The van der Waals surface area contributed by atoms with Crippen LogP contribution in [-0.4, -0.2) is 64.9 Å². The molecule has 2 fully saturated rings. The summed E-state index contributed by atoms with van der Waals surface area (Å²) in [5.41, 5.74) is 0. The fourth-order valence-corrected chi connectivity index (χ4v) is 5.00. The van der Waals surface area contributed by atoms with Crippen molar-refractivity contribution in [2.24, 2.45) is 11.8 Å². The van der Waals surface area contributed by atoms with Crippen molar-refractivity contribution in [3.63, 3.8) is 0 Å². The normalized spacial score (nSPS) is 25.3. The second kappa shape index (κ2) is 17.0. The van der Waals surface area contributed by atoms with E-state index in [1.807, 2.05) is 0 Å². The highest BCUT2D eigenvalue weighted by molar-refractivity contribution is 5.67. The highest BCUT2D eigenvalue weighted by atomic mass is 16.6. The second-order valence-electron chi connectivity index (χ2n) is 9.63. The third kappa shape index (κ3) is 12.5. The minimum absolute atomic E-state index is 0.244. The molecule has 2 rings (SSSR count). The third-order valence-corrected chi connectivity index (χ3v) is 6.96. The summed E-state index contributed by atoms with van der Waals surface area (Å²) in [6.45, 7) is 2.31. The van der Waals surface area contributed by atoms with Gasteiger partial charge in [0.2, 0.25) is 0 Å². The molecule has 8 heteroatoms. The molecule has 0 heterocycles. The zero-order chi connectivity index (χ0) is 23.7. The fourth-order valence-electron chi connectivity index (χ4n) is 5.00. The number of alkyl carbamates (subject to hydrolysis) is 2. The maximum atomic E-state index is 11.9. The van der Waals surface area contributed by atoms with E-state index < -0.39 is 0 Å². The number of hydrogen-bond donors (Lipinski definition) is 2. The summed E-state index contributed by atoms with van der Waals surface area (Å²) in [6, 6.07) is 0.487. The van der Waals surface area contributed by atoms with Crippen molar-refractivity contribution < 1.29 is 28.5 Å². The van der Waals surface area contributed by atoms with E-state index in [-0.39, 0.29) is 24.3 Å². The molecule has 2 aliphatic carbocycles. The van der Waals surface area contributed by atoms with Gasteiger partial charge in [-0.2, -0.15) is 0 Å². The number of carbonyl (C=O) groups is 2. The van der Waals surface area contributed by atoms with Gasteiger partial charge in [0.25, 0.3) is 0 Å². The predicted molar refractivity (Wildman–Crippen MR) is 127 cm³/mol. The fraction of sp³-hybridized carbons (Fsp3) is 0.920. The van der Waals surface area contributed by atoms with Gasteiger partial charge in [0.05, 0.1) is 13.2 Å². The molecule has 0 aromatic carbocycles. The van der Waals surface area contributed by atoms with Crippen LogP contribution in [0.1, 0.15) is 83.5 Å². The van der Waals surface area contributed by atoms with Gasteiger partial charge in [-0.3, -0.25) is 0 Å². The minimum Gasteiger partial charge on any atom is -0.450 e. The molecular weight excluding hydrogens is 424 g/mol. The maximum absolute atomic E-state index is 11.9. The van der Waals surface area contributed by atoms with E-state index in [0.717, 1.165) is 63.2 Å². The average Bonchev–Trinajstić information content (AvgIpc) is 2.81. The molecule has 0 aliphatic heterocycles. The summed E-state index contributed by atoms with van der Waals surface area (Å²) in [6.07, 6.45) is 13.0. The lowest BCUT2D eigenvalue weighted by molar-refractivity contribution is 0.125. The molecular formula is C25H46N2O6. The van der Waals surface area contributed by atoms with Crippen molar-refractivity contribution in [2.45, 2.75) is 95.6 Å². The molecule has 0 unspecified atom stereocenters. The standard InChI is InChI=1S/C25H46N2O6/c1-30-15-3-5-17-32-24(28)26-22-11-7-20(8-12-22)19-21-9-13-23(14-10-21)27-25(29)33-18-6-4-16-31-2/h20-23H,3-19H2,1-2H3,(H,26,28)(H,27,29). The van der Waals surface area contributed by atoms with Crippen LogP contribution in [0.3, 0.4) is 0 Å². The van der Waals surface area contributed by atoms with Crippen molar-refractivity contribution in [1.82, 2.24) is 10.6 Å². The highest BCUT2D eigenvalue weighted by Crippen LogP contribution is 2.35. The first-order valence-electron chi connectivity index (χ1n) is 12.9. The van der Waals surface area contributed by atoms with Crippen molar-refractivity contribution >= 4 is 12.2 Å². The molecule has 0 atom stereocenters. The molecule has 2 saturated carbocycles. The largest absolute Gasteiger partial charge is 0.450 e. The van der Waals surface area contributed by atoms with Gasteiger partial charge in [-0.1, -0.05) is 0 Å². The monoisotopic (exact) mass is 470 g/mol. The number of carbonyl (C=O) groups excluding carboxylic acids is 2. The number of nitrogens with one attached hydrogen (secondary N) is 2. The Hall–Kier alpha value is -1.54. The van der Waals surface area contributed by atoms with Gasteiger partial charge in [0.1, 0.15) is 0 Å². The average molecular weight is 471 g/mol. The summed E-state index contributed by atoms with van der Waals surface area (Å²) in [4.78, 5) is 23.9. The molecule has 8 nitrogen and oxygen atoms in total. The number of amides is 2. The molecule has 2 amide bonds. The third-order valence-electron chi connectivity index (χ3n) is 6.96. The summed E-state index contributed by atoms with van der Waals surface area (Å²) < 4.78 is 20.5. The van der Waals surface area contributed by atoms with Gasteiger partial charge in [0.15, 0.2) is 0 Å². The molecule has 0 bridgehead atoms. The van der Waals surface area contributed by atoms with Crippen molar-refractivity contribution in [2.75, 3.05) is 40.6 Å². The van der Waals surface area contributed by atoms with E-state index in [0.29, 0.717) is 26.4 Å². The Morgan fingerprint density at radius 2 is 0.970 bits per heavy atom. The molecule has 2 N–H and O–H groups in total. The molecule has 0 radical (unpaired) electrons. The summed E-state index contributed by atoms with van der Waals surface area (Å²) in [5, 5.41) is 6.06. The quantitative estimate of drug-likeness (QED) is 0.354. The minimum atomic E-state index is -0.282. The van der Waals surface area contributed by atoms with E-state index in [4.69, 9.17) is 18.9 Å². The van der Waals surface area contributed by atoms with Crippen LogP contribution in [0.2, 0.25) is 0 Å². The van der Waals surface area contributed by atoms with Gasteiger partial charge in [-0.05, 0) is 95.3 Å². The SMILES string of the molecule is COCCCCOC(=O)NC1CCC(CC2CCC(NC(=O)OCCCCOC)CC2)CC1. The molecule has 0 aromatic rings. The molecule has 192 valence electrons. The zero-order valence-corrected chi connectivity index (χ0v) is 20.8. The van der Waals surface area contributed by atoms with Gasteiger partial charge in [0, 0.05) is 39.5 Å². The van der Waals surface area contributed by atoms with E-state index >= 15 is 0 Å². The van der Waals surface area contributed by atoms with Crippen LogP contribution in [0.15, 0.2) is 0 Å². The Morgan fingerprint density at radius 1 is 0.606 bits per heavy atom. The van der Waals surface area contributed by atoms with E-state index in [2.05, 4.69) is 10.6 Å². The molecule has 33 heavy (non-hydrogen) atoms. The van der Waals surface area contributed by atoms with Crippen LogP contribution < -0.4 is 10.6 Å². The van der Waals surface area contributed by atoms with Crippen LogP contribution in [0.5, 0.6) is 0 Å². The van der Waals surface area contributed by atoms with Gasteiger partial charge < -0.3 is 29.6 Å². The number of methoxy groups -OCH3 is 2. The van der Waals surface area contributed by atoms with Crippen molar-refractivity contribution in [3.8, 4) is 0 Å². The Morgan fingerprint density at radius 3 is 1.33 bits per heavy atom. The van der Waals surface area contributed by atoms with Gasteiger partial charge in [-0.15, -0.1) is 0 Å². The molecule has 0 saturated heterocycles. The van der Waals surface area contributed by atoms with Crippen LogP contribution in [0, 0.1) is 11.8 Å². The lowest BCUT2D eigenvalue weighted by Gasteiger charge is -2.34. The first-order valence-corrected chi connectivity index (χ1v) is 12.9. The lowest BCUT2D eigenvalue weighted by Crippen LogP contribution is -2.39. The Kier molecular flexibility index (Phi) is 14.3. The summed E-state index contributed by atoms with van der Waals surface area (Å²) in [7, 11) is 3.36. The van der Waals surface area contributed by atoms with Crippen molar-refractivity contribution in [1.29, 1.82) is 0 Å². The van der Waals surface area contributed by atoms with Crippen LogP contribution in [0.4, 0.5) is 9.59 Å². The maximum Gasteiger partial charge on any atom is 0.407 e. The van der Waals surface area contributed by atoms with E-state index in [9.17, 15) is 9.59 Å². The zero-order valence-electron chi connectivity index (χ0n) is 20.8. The Bertz CT molecular complexity index is 485. The lowest BCUT2D eigenvalue weighted by atomic mass is 9.76. The predicted octanol–water partition coefficient (Wildman–Crippen LogP) is 4.80. The second-order valence-corrected chi connectivity index (χ2v) is 9.63.